The standard InChI is InChI=1S/C25H31N7OS/c33-24(19-34-25-27-28-29-32(25)23-9-5-2-6-10-23)26-20-11-13-22(14-12-20)31-17-15-30(16-18-31)21-7-3-1-4-8-21/h2,5-6,9-14,21H,1,3-4,7-8,15-19H2,(H,26,33). The van der Waals surface area contributed by atoms with Crippen LogP contribution in [-0.4, -0.2) is 69.0 Å². The summed E-state index contributed by atoms with van der Waals surface area (Å²) < 4.78 is 1.64. The number of nitrogens with one attached hydrogen (secondary N) is 1. The Morgan fingerprint density at radius 1 is 0.912 bits per heavy atom. The van der Waals surface area contributed by atoms with Crippen molar-refractivity contribution in [2.24, 2.45) is 0 Å². The van der Waals surface area contributed by atoms with E-state index in [-0.39, 0.29) is 11.7 Å². The zero-order chi connectivity index (χ0) is 23.2. The van der Waals surface area contributed by atoms with Gasteiger partial charge in [0.15, 0.2) is 0 Å². The summed E-state index contributed by atoms with van der Waals surface area (Å²) in [5.74, 6) is 0.152. The summed E-state index contributed by atoms with van der Waals surface area (Å²) in [6, 6.07) is 18.6. The molecule has 2 heterocycles. The van der Waals surface area contributed by atoms with Crippen LogP contribution < -0.4 is 10.2 Å². The molecule has 34 heavy (non-hydrogen) atoms. The van der Waals surface area contributed by atoms with Gasteiger partial charge in [0.25, 0.3) is 0 Å². The van der Waals surface area contributed by atoms with Crippen molar-refractivity contribution in [3.05, 3.63) is 54.6 Å². The van der Waals surface area contributed by atoms with E-state index in [4.69, 9.17) is 0 Å². The maximum atomic E-state index is 12.5. The van der Waals surface area contributed by atoms with E-state index in [1.54, 1.807) is 4.68 Å². The quantitative estimate of drug-likeness (QED) is 0.518. The lowest BCUT2D eigenvalue weighted by Gasteiger charge is -2.41. The largest absolute Gasteiger partial charge is 0.369 e. The molecule has 1 saturated carbocycles. The van der Waals surface area contributed by atoms with Gasteiger partial charge in [0, 0.05) is 43.6 Å². The number of hydrogen-bond donors (Lipinski definition) is 1. The lowest BCUT2D eigenvalue weighted by molar-refractivity contribution is -0.113. The van der Waals surface area contributed by atoms with E-state index in [0.29, 0.717) is 5.16 Å². The molecule has 1 aliphatic heterocycles. The number of piperazine rings is 1. The van der Waals surface area contributed by atoms with Gasteiger partial charge < -0.3 is 10.2 Å². The van der Waals surface area contributed by atoms with Crippen molar-refractivity contribution in [1.82, 2.24) is 25.1 Å². The first-order valence-corrected chi connectivity index (χ1v) is 13.1. The van der Waals surface area contributed by atoms with Gasteiger partial charge in [-0.3, -0.25) is 9.69 Å². The van der Waals surface area contributed by atoms with Crippen LogP contribution in [-0.2, 0) is 4.79 Å². The van der Waals surface area contributed by atoms with Crippen LogP contribution >= 0.6 is 11.8 Å². The van der Waals surface area contributed by atoms with E-state index in [1.165, 1.54) is 49.6 Å². The summed E-state index contributed by atoms with van der Waals surface area (Å²) in [7, 11) is 0. The number of hydrogen-bond acceptors (Lipinski definition) is 7. The molecule has 1 saturated heterocycles. The Bertz CT molecular complexity index is 1060. The maximum absolute atomic E-state index is 12.5. The Morgan fingerprint density at radius 3 is 2.38 bits per heavy atom. The normalized spacial score (nSPS) is 17.6. The molecular weight excluding hydrogens is 446 g/mol. The Balaban J connectivity index is 1.10. The molecule has 0 unspecified atom stereocenters. The van der Waals surface area contributed by atoms with Gasteiger partial charge in [-0.25, -0.2) is 0 Å². The summed E-state index contributed by atoms with van der Waals surface area (Å²) in [6.45, 7) is 4.41. The number of tetrazole rings is 1. The van der Waals surface area contributed by atoms with E-state index < -0.39 is 0 Å². The topological polar surface area (TPSA) is 79.2 Å². The number of anilines is 2. The highest BCUT2D eigenvalue weighted by Crippen LogP contribution is 2.26. The molecule has 0 atom stereocenters. The van der Waals surface area contributed by atoms with E-state index in [0.717, 1.165) is 43.6 Å². The Morgan fingerprint density at radius 2 is 1.65 bits per heavy atom. The number of rotatable bonds is 7. The number of amides is 1. The van der Waals surface area contributed by atoms with Crippen LogP contribution in [0.3, 0.4) is 0 Å². The van der Waals surface area contributed by atoms with Crippen molar-refractivity contribution in [2.45, 2.75) is 43.3 Å². The molecule has 1 amide bonds. The summed E-state index contributed by atoms with van der Waals surface area (Å²) in [5.41, 5.74) is 2.89. The van der Waals surface area contributed by atoms with Gasteiger partial charge in [-0.15, -0.1) is 5.10 Å². The predicted molar refractivity (Wildman–Crippen MR) is 136 cm³/mol. The SMILES string of the molecule is O=C(CSc1nnnn1-c1ccccc1)Nc1ccc(N2CCN(C3CCCCC3)CC2)cc1. The minimum absolute atomic E-state index is 0.0820. The van der Waals surface area contributed by atoms with Crippen molar-refractivity contribution >= 4 is 29.0 Å². The van der Waals surface area contributed by atoms with Crippen LogP contribution in [0.1, 0.15) is 32.1 Å². The molecule has 2 aromatic carbocycles. The fraction of sp³-hybridized carbons (Fsp3) is 0.440. The molecule has 1 N–H and O–H groups in total. The van der Waals surface area contributed by atoms with Gasteiger partial charge in [-0.05, 0) is 59.7 Å². The molecule has 2 aliphatic rings. The molecule has 178 valence electrons. The van der Waals surface area contributed by atoms with Crippen molar-refractivity contribution in [1.29, 1.82) is 0 Å². The fourth-order valence-corrected chi connectivity index (χ4v) is 5.57. The van der Waals surface area contributed by atoms with Crippen LogP contribution in [0.25, 0.3) is 5.69 Å². The molecule has 8 nitrogen and oxygen atoms in total. The van der Waals surface area contributed by atoms with Crippen molar-refractivity contribution in [3.63, 3.8) is 0 Å². The summed E-state index contributed by atoms with van der Waals surface area (Å²) >= 11 is 1.32. The first-order valence-electron chi connectivity index (χ1n) is 12.1. The van der Waals surface area contributed by atoms with Crippen LogP contribution in [0.2, 0.25) is 0 Å². The van der Waals surface area contributed by atoms with Gasteiger partial charge in [0.2, 0.25) is 11.1 Å². The number of nitrogens with zero attached hydrogens (tertiary/aromatic N) is 6. The number of para-hydroxylation sites is 1. The zero-order valence-corrected chi connectivity index (χ0v) is 20.2. The Hall–Kier alpha value is -2.91. The predicted octanol–water partition coefficient (Wildman–Crippen LogP) is 3.85. The number of carbonyl (C=O) groups excluding carboxylic acids is 1. The third-order valence-electron chi connectivity index (χ3n) is 6.70. The summed E-state index contributed by atoms with van der Waals surface area (Å²) in [4.78, 5) is 17.6. The lowest BCUT2D eigenvalue weighted by Crippen LogP contribution is -2.50. The third kappa shape index (κ3) is 5.59. The monoisotopic (exact) mass is 477 g/mol. The van der Waals surface area contributed by atoms with E-state index in [9.17, 15) is 4.79 Å². The average molecular weight is 478 g/mol. The van der Waals surface area contributed by atoms with Crippen molar-refractivity contribution < 1.29 is 4.79 Å². The van der Waals surface area contributed by atoms with E-state index >= 15 is 0 Å². The Labute approximate surface area is 204 Å². The molecule has 3 aromatic rings. The molecule has 2 fully saturated rings. The smallest absolute Gasteiger partial charge is 0.234 e. The zero-order valence-electron chi connectivity index (χ0n) is 19.3. The third-order valence-corrected chi connectivity index (χ3v) is 7.61. The van der Waals surface area contributed by atoms with Crippen molar-refractivity contribution in [3.8, 4) is 5.69 Å². The molecule has 1 aliphatic carbocycles. The van der Waals surface area contributed by atoms with Gasteiger partial charge in [-0.2, -0.15) is 4.68 Å². The van der Waals surface area contributed by atoms with Gasteiger partial charge in [0.1, 0.15) is 0 Å². The summed E-state index contributed by atoms with van der Waals surface area (Å²) in [6.07, 6.45) is 6.92. The number of thioether (sulfide) groups is 1. The van der Waals surface area contributed by atoms with Crippen LogP contribution in [0.15, 0.2) is 59.8 Å². The molecule has 5 rings (SSSR count). The number of benzene rings is 2. The molecule has 0 spiro atoms. The van der Waals surface area contributed by atoms with E-state index in [2.05, 4.69) is 42.8 Å². The number of carbonyl (C=O) groups is 1. The van der Waals surface area contributed by atoms with Crippen LogP contribution in [0.5, 0.6) is 0 Å². The number of aromatic nitrogens is 4. The minimum Gasteiger partial charge on any atom is -0.369 e. The molecule has 0 radical (unpaired) electrons. The molecule has 1 aromatic heterocycles. The maximum Gasteiger partial charge on any atom is 0.234 e. The van der Waals surface area contributed by atoms with Gasteiger partial charge in [-0.1, -0.05) is 49.2 Å². The second kappa shape index (κ2) is 11.0. The first-order chi connectivity index (χ1) is 16.8. The van der Waals surface area contributed by atoms with Gasteiger partial charge in [0.05, 0.1) is 11.4 Å². The van der Waals surface area contributed by atoms with Crippen molar-refractivity contribution in [2.75, 3.05) is 42.1 Å². The average Bonchev–Trinajstić information content (AvgIpc) is 3.38. The second-order valence-corrected chi connectivity index (χ2v) is 9.85. The summed E-state index contributed by atoms with van der Waals surface area (Å²) in [5, 5.41) is 15.4. The molecule has 9 heteroatoms. The van der Waals surface area contributed by atoms with Crippen LogP contribution in [0, 0.1) is 0 Å². The first kappa shape index (κ1) is 22.9. The van der Waals surface area contributed by atoms with Gasteiger partial charge >= 0.3 is 0 Å². The molecule has 0 bridgehead atoms. The Kier molecular flexibility index (Phi) is 7.40. The van der Waals surface area contributed by atoms with Crippen LogP contribution in [0.4, 0.5) is 11.4 Å². The second-order valence-electron chi connectivity index (χ2n) is 8.91. The minimum atomic E-state index is -0.0820. The fourth-order valence-electron chi connectivity index (χ4n) is 4.87. The highest BCUT2D eigenvalue weighted by atomic mass is 32.2. The highest BCUT2D eigenvalue weighted by Gasteiger charge is 2.25. The molecular formula is C25H31N7OS. The highest BCUT2D eigenvalue weighted by molar-refractivity contribution is 7.99. The van der Waals surface area contributed by atoms with E-state index in [1.807, 2.05) is 42.5 Å². The lowest BCUT2D eigenvalue weighted by atomic mass is 9.94.